The van der Waals surface area contributed by atoms with E-state index >= 15 is 0 Å². The lowest BCUT2D eigenvalue weighted by atomic mass is 10.1. The zero-order valence-corrected chi connectivity index (χ0v) is 15.8. The van der Waals surface area contributed by atoms with Gasteiger partial charge in [-0.05, 0) is 51.1 Å². The van der Waals surface area contributed by atoms with Crippen LogP contribution in [0.25, 0.3) is 0 Å². The molecule has 1 aliphatic rings. The normalized spacial score (nSPS) is 12.9. The predicted octanol–water partition coefficient (Wildman–Crippen LogP) is 2.79. The van der Waals surface area contributed by atoms with Crippen LogP contribution in [0.15, 0.2) is 42.5 Å². The van der Waals surface area contributed by atoms with Gasteiger partial charge in [0.15, 0.2) is 6.61 Å². The Morgan fingerprint density at radius 3 is 2.29 bits per heavy atom. The van der Waals surface area contributed by atoms with E-state index in [1.165, 1.54) is 18.2 Å². The number of nitrogens with one attached hydrogen (secondary N) is 1. The number of aryl methyl sites for hydroxylation is 1. The summed E-state index contributed by atoms with van der Waals surface area (Å²) in [7, 11) is 0. The van der Waals surface area contributed by atoms with Crippen LogP contribution in [-0.2, 0) is 9.53 Å². The first-order chi connectivity index (χ1) is 13.3. The number of esters is 1. The summed E-state index contributed by atoms with van der Waals surface area (Å²) in [6, 6.07) is 11.1. The standard InChI is InChI=1S/C21H20N2O5/c1-12(2)23-19(25)16-9-6-14(10-17(16)20(23)26)21(27)28-11-18(24)22-15-7-4-13(3)5-8-15/h4-10,12H,11H2,1-3H3,(H,22,24). The first-order valence-electron chi connectivity index (χ1n) is 8.83. The third kappa shape index (κ3) is 3.78. The van der Waals surface area contributed by atoms with E-state index in [9.17, 15) is 19.2 Å². The van der Waals surface area contributed by atoms with Crippen molar-refractivity contribution in [3.8, 4) is 0 Å². The van der Waals surface area contributed by atoms with Crippen molar-refractivity contribution in [2.75, 3.05) is 11.9 Å². The molecule has 7 nitrogen and oxygen atoms in total. The van der Waals surface area contributed by atoms with Gasteiger partial charge in [-0.25, -0.2) is 4.79 Å². The lowest BCUT2D eigenvalue weighted by Crippen LogP contribution is -2.35. The van der Waals surface area contributed by atoms with E-state index in [0.29, 0.717) is 5.69 Å². The third-order valence-electron chi connectivity index (χ3n) is 4.34. The fourth-order valence-electron chi connectivity index (χ4n) is 2.90. The van der Waals surface area contributed by atoms with Crippen LogP contribution in [-0.4, -0.2) is 41.2 Å². The highest BCUT2D eigenvalue weighted by Crippen LogP contribution is 2.26. The molecular formula is C21H20N2O5. The minimum absolute atomic E-state index is 0.105. The molecule has 2 aromatic rings. The zero-order chi connectivity index (χ0) is 20.4. The number of carbonyl (C=O) groups excluding carboxylic acids is 4. The third-order valence-corrected chi connectivity index (χ3v) is 4.34. The van der Waals surface area contributed by atoms with Crippen LogP contribution in [0.5, 0.6) is 0 Å². The number of ether oxygens (including phenoxy) is 1. The Bertz CT molecular complexity index is 963. The molecule has 0 aromatic heterocycles. The molecule has 144 valence electrons. The summed E-state index contributed by atoms with van der Waals surface area (Å²) < 4.78 is 5.02. The van der Waals surface area contributed by atoms with Gasteiger partial charge in [-0.1, -0.05) is 17.7 Å². The van der Waals surface area contributed by atoms with E-state index in [1.54, 1.807) is 26.0 Å². The average Bonchev–Trinajstić information content (AvgIpc) is 2.92. The fraction of sp³-hybridized carbons (Fsp3) is 0.238. The van der Waals surface area contributed by atoms with Gasteiger partial charge in [-0.2, -0.15) is 0 Å². The van der Waals surface area contributed by atoms with E-state index in [0.717, 1.165) is 10.5 Å². The van der Waals surface area contributed by atoms with Crippen molar-refractivity contribution in [3.05, 3.63) is 64.7 Å². The summed E-state index contributed by atoms with van der Waals surface area (Å²) in [6.45, 7) is 4.95. The number of amides is 3. The van der Waals surface area contributed by atoms with Crippen LogP contribution in [0.1, 0.15) is 50.5 Å². The Morgan fingerprint density at radius 1 is 1.00 bits per heavy atom. The minimum Gasteiger partial charge on any atom is -0.452 e. The van der Waals surface area contributed by atoms with E-state index < -0.39 is 24.4 Å². The number of fused-ring (bicyclic) bond motifs is 1. The van der Waals surface area contributed by atoms with Gasteiger partial charge in [-0.15, -0.1) is 0 Å². The second kappa shape index (κ2) is 7.64. The van der Waals surface area contributed by atoms with Crippen LogP contribution >= 0.6 is 0 Å². The van der Waals surface area contributed by atoms with Crippen LogP contribution in [0.2, 0.25) is 0 Å². The summed E-state index contributed by atoms with van der Waals surface area (Å²) in [5, 5.41) is 2.63. The maximum absolute atomic E-state index is 12.4. The number of hydrogen-bond donors (Lipinski definition) is 1. The van der Waals surface area contributed by atoms with E-state index in [2.05, 4.69) is 5.32 Å². The molecule has 0 bridgehead atoms. The summed E-state index contributed by atoms with van der Waals surface area (Å²) >= 11 is 0. The highest BCUT2D eigenvalue weighted by molar-refractivity contribution is 6.22. The smallest absolute Gasteiger partial charge is 0.338 e. The SMILES string of the molecule is Cc1ccc(NC(=O)COC(=O)c2ccc3c(c2)C(=O)N(C(C)C)C3=O)cc1. The van der Waals surface area contributed by atoms with Crippen molar-refractivity contribution < 1.29 is 23.9 Å². The molecule has 0 atom stereocenters. The molecule has 0 radical (unpaired) electrons. The first kappa shape index (κ1) is 19.3. The number of nitrogens with zero attached hydrogens (tertiary/aromatic N) is 1. The molecule has 1 N–H and O–H groups in total. The van der Waals surface area contributed by atoms with Crippen molar-refractivity contribution in [1.82, 2.24) is 4.90 Å². The van der Waals surface area contributed by atoms with Gasteiger partial charge in [0.1, 0.15) is 0 Å². The van der Waals surface area contributed by atoms with E-state index in [4.69, 9.17) is 4.74 Å². The molecule has 0 spiro atoms. The van der Waals surface area contributed by atoms with Gasteiger partial charge in [-0.3, -0.25) is 19.3 Å². The van der Waals surface area contributed by atoms with Crippen LogP contribution in [0.4, 0.5) is 5.69 Å². The Balaban J connectivity index is 1.64. The molecular weight excluding hydrogens is 360 g/mol. The van der Waals surface area contributed by atoms with Gasteiger partial charge < -0.3 is 10.1 Å². The van der Waals surface area contributed by atoms with Gasteiger partial charge in [0.05, 0.1) is 16.7 Å². The number of rotatable bonds is 5. The monoisotopic (exact) mass is 380 g/mol. The molecule has 0 unspecified atom stereocenters. The van der Waals surface area contributed by atoms with Crippen molar-refractivity contribution in [2.45, 2.75) is 26.8 Å². The topological polar surface area (TPSA) is 92.8 Å². The Kier molecular flexibility index (Phi) is 5.26. The lowest BCUT2D eigenvalue weighted by Gasteiger charge is -2.17. The number of imide groups is 1. The molecule has 1 aliphatic heterocycles. The van der Waals surface area contributed by atoms with Gasteiger partial charge >= 0.3 is 5.97 Å². The second-order valence-electron chi connectivity index (χ2n) is 6.82. The largest absolute Gasteiger partial charge is 0.452 e. The summed E-state index contributed by atoms with van der Waals surface area (Å²) in [6.07, 6.45) is 0. The van der Waals surface area contributed by atoms with Crippen molar-refractivity contribution in [1.29, 1.82) is 0 Å². The molecule has 7 heteroatoms. The molecule has 28 heavy (non-hydrogen) atoms. The minimum atomic E-state index is -0.745. The molecule has 3 rings (SSSR count). The Morgan fingerprint density at radius 2 is 1.64 bits per heavy atom. The number of anilines is 1. The van der Waals surface area contributed by atoms with Crippen molar-refractivity contribution >= 4 is 29.4 Å². The lowest BCUT2D eigenvalue weighted by molar-refractivity contribution is -0.119. The quantitative estimate of drug-likeness (QED) is 0.636. The van der Waals surface area contributed by atoms with Crippen LogP contribution in [0, 0.1) is 6.92 Å². The highest BCUT2D eigenvalue weighted by Gasteiger charge is 2.37. The van der Waals surface area contributed by atoms with Crippen molar-refractivity contribution in [2.24, 2.45) is 0 Å². The predicted molar refractivity (Wildman–Crippen MR) is 102 cm³/mol. The highest BCUT2D eigenvalue weighted by atomic mass is 16.5. The molecule has 2 aromatic carbocycles. The molecule has 0 fully saturated rings. The van der Waals surface area contributed by atoms with Crippen molar-refractivity contribution in [3.63, 3.8) is 0 Å². The van der Waals surface area contributed by atoms with E-state index in [1.807, 2.05) is 19.1 Å². The molecule has 1 heterocycles. The molecule has 3 amide bonds. The zero-order valence-electron chi connectivity index (χ0n) is 15.8. The number of benzene rings is 2. The van der Waals surface area contributed by atoms with Gasteiger partial charge in [0.25, 0.3) is 17.7 Å². The van der Waals surface area contributed by atoms with Gasteiger partial charge in [0.2, 0.25) is 0 Å². The van der Waals surface area contributed by atoms with Crippen LogP contribution in [0.3, 0.4) is 0 Å². The second-order valence-corrected chi connectivity index (χ2v) is 6.82. The summed E-state index contributed by atoms with van der Waals surface area (Å²) in [5.41, 5.74) is 2.19. The van der Waals surface area contributed by atoms with E-state index in [-0.39, 0.29) is 28.6 Å². The summed E-state index contributed by atoms with van der Waals surface area (Å²) in [4.78, 5) is 50.0. The Labute approximate surface area is 162 Å². The first-order valence-corrected chi connectivity index (χ1v) is 8.83. The maximum atomic E-state index is 12.4. The average molecular weight is 380 g/mol. The Hall–Kier alpha value is -3.48. The number of carbonyl (C=O) groups is 4. The molecule has 0 aliphatic carbocycles. The maximum Gasteiger partial charge on any atom is 0.338 e. The van der Waals surface area contributed by atoms with Gasteiger partial charge in [0, 0.05) is 11.7 Å². The molecule has 0 saturated heterocycles. The van der Waals surface area contributed by atoms with Crippen LogP contribution < -0.4 is 5.32 Å². The molecule has 0 saturated carbocycles. The summed E-state index contributed by atoms with van der Waals surface area (Å²) in [5.74, 6) is -2.05. The fourth-order valence-corrected chi connectivity index (χ4v) is 2.90. The number of hydrogen-bond acceptors (Lipinski definition) is 5.